The fraction of sp³-hybridized carbons (Fsp3) is 0.667. The van der Waals surface area contributed by atoms with Gasteiger partial charge >= 0.3 is 6.09 Å². The van der Waals surface area contributed by atoms with Gasteiger partial charge in [-0.2, -0.15) is 0 Å². The first kappa shape index (κ1) is 35.4. The maximum atomic E-state index is 14.2. The largest absolute Gasteiger partial charge is 0.488 e. The number of ether oxygens (including phenoxy) is 3. The van der Waals surface area contributed by atoms with E-state index in [1.807, 2.05) is 19.1 Å². The third kappa shape index (κ3) is 8.77. The van der Waals surface area contributed by atoms with Crippen molar-refractivity contribution < 1.29 is 41.8 Å². The van der Waals surface area contributed by atoms with E-state index in [1.54, 1.807) is 32.9 Å². The van der Waals surface area contributed by atoms with Crippen LogP contribution in [0.3, 0.4) is 0 Å². The maximum Gasteiger partial charge on any atom is 0.408 e. The SMILES string of the molecule is CCOc1cc(O[C@@H]2C[C@H]3C(=O)N[C@]4(C(=O)NS(=O)(=O)C5CC5)CC4/C=C\CCCCC[C@H](NC(=O)OC(C)(C)C)C(=O)N3C2)ccn1. The molecular formula is C33H47N5O9S. The first-order chi connectivity index (χ1) is 22.7. The molecule has 3 fully saturated rings. The number of nitrogens with one attached hydrogen (secondary N) is 3. The van der Waals surface area contributed by atoms with E-state index < -0.39 is 74.3 Å². The van der Waals surface area contributed by atoms with Gasteiger partial charge in [-0.25, -0.2) is 18.2 Å². The summed E-state index contributed by atoms with van der Waals surface area (Å²) in [4.78, 5) is 60.3. The Morgan fingerprint density at radius 2 is 1.92 bits per heavy atom. The van der Waals surface area contributed by atoms with Crippen LogP contribution in [0, 0.1) is 5.92 Å². The number of amides is 4. The maximum absolute atomic E-state index is 14.2. The van der Waals surface area contributed by atoms with Gasteiger partial charge in [0.1, 0.15) is 35.1 Å². The molecule has 4 amide bonds. The summed E-state index contributed by atoms with van der Waals surface area (Å²) in [5.74, 6) is -1.48. The summed E-state index contributed by atoms with van der Waals surface area (Å²) in [5.41, 5.74) is -2.27. The summed E-state index contributed by atoms with van der Waals surface area (Å²) in [5, 5.41) is 4.96. The van der Waals surface area contributed by atoms with Gasteiger partial charge in [0.2, 0.25) is 27.7 Å². The van der Waals surface area contributed by atoms with Gasteiger partial charge in [-0.15, -0.1) is 0 Å². The smallest absolute Gasteiger partial charge is 0.408 e. The van der Waals surface area contributed by atoms with Crippen LogP contribution in [0.15, 0.2) is 30.5 Å². The molecule has 2 aliphatic heterocycles. The summed E-state index contributed by atoms with van der Waals surface area (Å²) >= 11 is 0. The number of nitrogens with zero attached hydrogens (tertiary/aromatic N) is 2. The van der Waals surface area contributed by atoms with Gasteiger partial charge in [0, 0.05) is 24.6 Å². The summed E-state index contributed by atoms with van der Waals surface area (Å²) in [6.07, 6.45) is 8.47. The quantitative estimate of drug-likeness (QED) is 0.343. The first-order valence-corrected chi connectivity index (χ1v) is 18.4. The Kier molecular flexibility index (Phi) is 10.6. The number of aromatic nitrogens is 1. The lowest BCUT2D eigenvalue weighted by molar-refractivity contribution is -0.141. The van der Waals surface area contributed by atoms with E-state index in [9.17, 15) is 27.6 Å². The summed E-state index contributed by atoms with van der Waals surface area (Å²) in [7, 11) is -3.87. The second-order valence-electron chi connectivity index (χ2n) is 14.0. The third-order valence-electron chi connectivity index (χ3n) is 8.84. The molecule has 2 saturated carbocycles. The first-order valence-electron chi connectivity index (χ1n) is 16.8. The van der Waals surface area contributed by atoms with Crippen LogP contribution in [-0.4, -0.2) is 89.8 Å². The number of carbonyl (C=O) groups excluding carboxylic acids is 4. The number of allylic oxidation sites excluding steroid dienone is 1. The predicted octanol–water partition coefficient (Wildman–Crippen LogP) is 2.73. The molecule has 15 heteroatoms. The van der Waals surface area contributed by atoms with Crippen LogP contribution in [-0.2, 0) is 29.1 Å². The van der Waals surface area contributed by atoms with Crippen molar-refractivity contribution in [2.24, 2.45) is 5.92 Å². The van der Waals surface area contributed by atoms with E-state index >= 15 is 0 Å². The molecule has 14 nitrogen and oxygen atoms in total. The number of hydrogen-bond donors (Lipinski definition) is 3. The van der Waals surface area contributed by atoms with Crippen LogP contribution in [0.1, 0.15) is 85.5 Å². The fourth-order valence-corrected chi connectivity index (χ4v) is 7.54. The zero-order valence-electron chi connectivity index (χ0n) is 28.0. The van der Waals surface area contributed by atoms with Gasteiger partial charge in [-0.05, 0) is 72.3 Å². The average molecular weight is 690 g/mol. The molecule has 3 N–H and O–H groups in total. The number of hydrogen-bond acceptors (Lipinski definition) is 10. The average Bonchev–Trinajstić information content (AvgIpc) is 3.92. The van der Waals surface area contributed by atoms with Crippen LogP contribution in [0.25, 0.3) is 0 Å². The van der Waals surface area contributed by atoms with Crippen molar-refractivity contribution in [3.63, 3.8) is 0 Å². The van der Waals surface area contributed by atoms with Crippen molar-refractivity contribution in [3.05, 3.63) is 30.5 Å². The highest BCUT2D eigenvalue weighted by Gasteiger charge is 2.62. The van der Waals surface area contributed by atoms with E-state index in [0.29, 0.717) is 50.3 Å². The van der Waals surface area contributed by atoms with Gasteiger partial charge in [0.15, 0.2) is 0 Å². The Balaban J connectivity index is 1.43. The number of alkyl carbamates (subject to hydrolysis) is 1. The normalized spacial score (nSPS) is 28.8. The summed E-state index contributed by atoms with van der Waals surface area (Å²) < 4.78 is 44.8. The number of fused-ring (bicyclic) bond motifs is 2. The molecule has 0 radical (unpaired) electrons. The van der Waals surface area contributed by atoms with Crippen molar-refractivity contribution >= 4 is 33.8 Å². The molecule has 264 valence electrons. The molecular weight excluding hydrogens is 642 g/mol. The van der Waals surface area contributed by atoms with Crippen LogP contribution < -0.4 is 24.8 Å². The molecule has 1 saturated heterocycles. The van der Waals surface area contributed by atoms with Crippen molar-refractivity contribution in [2.45, 2.75) is 120 Å². The fourth-order valence-electron chi connectivity index (χ4n) is 6.18. The lowest BCUT2D eigenvalue weighted by Gasteiger charge is -2.30. The number of sulfonamides is 1. The van der Waals surface area contributed by atoms with E-state index in [1.165, 1.54) is 11.1 Å². The van der Waals surface area contributed by atoms with Gasteiger partial charge in [0.05, 0.1) is 18.4 Å². The third-order valence-corrected chi connectivity index (χ3v) is 10.7. The van der Waals surface area contributed by atoms with Crippen molar-refractivity contribution in [3.8, 4) is 11.6 Å². The minimum atomic E-state index is -3.87. The number of carbonyl (C=O) groups is 4. The van der Waals surface area contributed by atoms with E-state index in [-0.39, 0.29) is 19.4 Å². The van der Waals surface area contributed by atoms with Crippen molar-refractivity contribution in [1.29, 1.82) is 0 Å². The monoisotopic (exact) mass is 689 g/mol. The zero-order valence-corrected chi connectivity index (χ0v) is 28.8. The minimum absolute atomic E-state index is 0.0221. The molecule has 5 rings (SSSR count). The Morgan fingerprint density at radius 3 is 2.62 bits per heavy atom. The Hall–Kier alpha value is -3.88. The predicted molar refractivity (Wildman–Crippen MR) is 174 cm³/mol. The number of rotatable bonds is 8. The standard InChI is InChI=1S/C33H47N5O9S/c1-5-45-27-18-22(15-16-34-27)46-23-17-26-28(39)36-33(30(41)37-48(43,44)24-13-14-24)19-21(33)11-9-7-6-8-10-12-25(29(40)38(26)20-23)35-31(42)47-32(2,3)4/h9,11,15-16,18,21,23-26H,5-8,10,12-14,17,19-20H2,1-4H3,(H,35,42)(H,36,39)(H,37,41)/b11-9-/t21?,23-,25+,26+,33-/m1/s1. The van der Waals surface area contributed by atoms with E-state index in [4.69, 9.17) is 14.2 Å². The molecule has 1 aromatic heterocycles. The Morgan fingerprint density at radius 1 is 1.15 bits per heavy atom. The second kappa shape index (κ2) is 14.3. The molecule has 0 bridgehead atoms. The highest BCUT2D eigenvalue weighted by atomic mass is 32.2. The Labute approximate surface area is 281 Å². The van der Waals surface area contributed by atoms with Gasteiger partial charge in [0.25, 0.3) is 5.91 Å². The zero-order chi connectivity index (χ0) is 34.7. The topological polar surface area (TPSA) is 182 Å². The van der Waals surface area contributed by atoms with Gasteiger partial charge in [-0.3, -0.25) is 19.1 Å². The van der Waals surface area contributed by atoms with Crippen LogP contribution in [0.2, 0.25) is 0 Å². The highest BCUT2D eigenvalue weighted by molar-refractivity contribution is 7.91. The molecule has 4 aliphatic rings. The Bertz CT molecular complexity index is 1520. The summed E-state index contributed by atoms with van der Waals surface area (Å²) in [6.45, 7) is 7.44. The molecule has 1 unspecified atom stereocenters. The lowest BCUT2D eigenvalue weighted by atomic mass is 10.0. The number of pyridine rings is 1. The van der Waals surface area contributed by atoms with Crippen molar-refractivity contribution in [1.82, 2.24) is 25.2 Å². The van der Waals surface area contributed by atoms with Crippen LogP contribution in [0.5, 0.6) is 11.6 Å². The van der Waals surface area contributed by atoms with Crippen LogP contribution in [0.4, 0.5) is 4.79 Å². The molecule has 3 heterocycles. The van der Waals surface area contributed by atoms with Gasteiger partial charge in [-0.1, -0.05) is 25.0 Å². The van der Waals surface area contributed by atoms with E-state index in [2.05, 4.69) is 20.3 Å². The molecule has 1 aromatic rings. The van der Waals surface area contributed by atoms with Crippen molar-refractivity contribution in [2.75, 3.05) is 13.2 Å². The lowest BCUT2D eigenvalue weighted by Crippen LogP contribution is -2.58. The molecule has 0 spiro atoms. The molecule has 48 heavy (non-hydrogen) atoms. The minimum Gasteiger partial charge on any atom is -0.488 e. The molecule has 5 atom stereocenters. The van der Waals surface area contributed by atoms with Gasteiger partial charge < -0.3 is 29.7 Å². The molecule has 0 aromatic carbocycles. The summed E-state index contributed by atoms with van der Waals surface area (Å²) in [6, 6.07) is 1.22. The van der Waals surface area contributed by atoms with Crippen LogP contribution >= 0.6 is 0 Å². The molecule has 2 aliphatic carbocycles. The second-order valence-corrected chi connectivity index (χ2v) is 15.9. The highest BCUT2D eigenvalue weighted by Crippen LogP contribution is 2.46. The van der Waals surface area contributed by atoms with E-state index in [0.717, 1.165) is 12.8 Å².